The molecule has 3 nitrogen and oxygen atoms in total. The number of halogens is 1. The highest BCUT2D eigenvalue weighted by Gasteiger charge is 2.23. The molecule has 1 heterocycles. The third-order valence-corrected chi connectivity index (χ3v) is 4.33. The second-order valence-electron chi connectivity index (χ2n) is 5.43. The molecule has 0 unspecified atom stereocenters. The first-order valence-corrected chi connectivity index (χ1v) is 7.96. The topological polar surface area (TPSA) is 29.0 Å². The summed E-state index contributed by atoms with van der Waals surface area (Å²) in [7, 11) is 0. The average molecular weight is 290 g/mol. The summed E-state index contributed by atoms with van der Waals surface area (Å²) in [4.78, 5) is 2.38. The molecule has 1 saturated carbocycles. The van der Waals surface area contributed by atoms with E-state index in [1.165, 1.54) is 37.5 Å². The van der Waals surface area contributed by atoms with E-state index in [0.29, 0.717) is 11.9 Å². The van der Waals surface area contributed by atoms with E-state index in [0.717, 1.165) is 17.7 Å². The fraction of sp³-hybridized carbons (Fsp3) is 0.500. The predicted octanol–water partition coefficient (Wildman–Crippen LogP) is 4.01. The fourth-order valence-electron chi connectivity index (χ4n) is 3.17. The second-order valence-corrected chi connectivity index (χ2v) is 5.81. The van der Waals surface area contributed by atoms with Crippen LogP contribution < -0.4 is 4.90 Å². The standard InChI is InChI=1S/C16H20ClN3/c17-10-11-20(14-7-2-1-3-8-14)16-15-9-5-4-6-13(15)12-18-19-16/h4-6,9,12,14H,1-3,7-8,10-11H2. The van der Waals surface area contributed by atoms with Crippen molar-refractivity contribution >= 4 is 28.2 Å². The first-order chi connectivity index (χ1) is 9.90. The van der Waals surface area contributed by atoms with Gasteiger partial charge in [0.15, 0.2) is 5.82 Å². The van der Waals surface area contributed by atoms with Crippen molar-refractivity contribution < 1.29 is 0 Å². The van der Waals surface area contributed by atoms with Gasteiger partial charge in [-0.15, -0.1) is 16.7 Å². The van der Waals surface area contributed by atoms with Crippen molar-refractivity contribution in [2.75, 3.05) is 17.3 Å². The number of rotatable bonds is 4. The van der Waals surface area contributed by atoms with Crippen LogP contribution in [-0.4, -0.2) is 28.7 Å². The van der Waals surface area contributed by atoms with Crippen LogP contribution in [0.2, 0.25) is 0 Å². The Bertz CT molecular complexity index is 561. The number of anilines is 1. The lowest BCUT2D eigenvalue weighted by Gasteiger charge is -2.35. The molecule has 1 aromatic carbocycles. The van der Waals surface area contributed by atoms with Crippen molar-refractivity contribution in [1.82, 2.24) is 10.2 Å². The van der Waals surface area contributed by atoms with E-state index in [4.69, 9.17) is 11.6 Å². The lowest BCUT2D eigenvalue weighted by Crippen LogP contribution is -2.39. The number of aromatic nitrogens is 2. The maximum atomic E-state index is 6.03. The number of hydrogen-bond donors (Lipinski definition) is 0. The van der Waals surface area contributed by atoms with Gasteiger partial charge in [0.2, 0.25) is 0 Å². The molecule has 20 heavy (non-hydrogen) atoms. The summed E-state index contributed by atoms with van der Waals surface area (Å²) in [5.74, 6) is 1.62. The first kappa shape index (κ1) is 13.6. The fourth-order valence-corrected chi connectivity index (χ4v) is 3.35. The van der Waals surface area contributed by atoms with Crippen LogP contribution in [0.1, 0.15) is 32.1 Å². The van der Waals surface area contributed by atoms with Gasteiger partial charge in [-0.1, -0.05) is 43.5 Å². The smallest absolute Gasteiger partial charge is 0.159 e. The molecule has 2 aromatic rings. The van der Waals surface area contributed by atoms with Gasteiger partial charge in [-0.2, -0.15) is 5.10 Å². The summed E-state index contributed by atoms with van der Waals surface area (Å²) >= 11 is 6.03. The highest BCUT2D eigenvalue weighted by atomic mass is 35.5. The van der Waals surface area contributed by atoms with Crippen LogP contribution >= 0.6 is 11.6 Å². The molecule has 0 bridgehead atoms. The van der Waals surface area contributed by atoms with E-state index in [9.17, 15) is 0 Å². The van der Waals surface area contributed by atoms with Crippen molar-refractivity contribution in [1.29, 1.82) is 0 Å². The van der Waals surface area contributed by atoms with E-state index in [1.54, 1.807) is 0 Å². The SMILES string of the molecule is ClCCN(c1nncc2ccccc12)C1CCCCC1. The maximum Gasteiger partial charge on any atom is 0.159 e. The summed E-state index contributed by atoms with van der Waals surface area (Å²) in [6.07, 6.45) is 8.28. The van der Waals surface area contributed by atoms with Crippen molar-refractivity contribution in [3.05, 3.63) is 30.5 Å². The maximum absolute atomic E-state index is 6.03. The number of nitrogens with zero attached hydrogens (tertiary/aromatic N) is 3. The van der Waals surface area contributed by atoms with Crippen LogP contribution in [0.3, 0.4) is 0 Å². The minimum absolute atomic E-state index is 0.558. The van der Waals surface area contributed by atoms with Gasteiger partial charge in [-0.3, -0.25) is 0 Å². The summed E-state index contributed by atoms with van der Waals surface area (Å²) in [6, 6.07) is 8.88. The lowest BCUT2D eigenvalue weighted by atomic mass is 9.94. The third kappa shape index (κ3) is 2.73. The molecule has 1 aliphatic rings. The monoisotopic (exact) mass is 289 g/mol. The molecular weight excluding hydrogens is 270 g/mol. The van der Waals surface area contributed by atoms with Gasteiger partial charge in [-0.05, 0) is 12.8 Å². The largest absolute Gasteiger partial charge is 0.350 e. The Balaban J connectivity index is 2.00. The molecule has 0 spiro atoms. The van der Waals surface area contributed by atoms with E-state index in [2.05, 4.69) is 33.3 Å². The Morgan fingerprint density at radius 3 is 2.75 bits per heavy atom. The molecule has 0 aliphatic heterocycles. The summed E-state index contributed by atoms with van der Waals surface area (Å²) in [5.41, 5.74) is 0. The van der Waals surface area contributed by atoms with E-state index < -0.39 is 0 Å². The molecule has 1 aromatic heterocycles. The number of hydrogen-bond acceptors (Lipinski definition) is 3. The van der Waals surface area contributed by atoms with Crippen LogP contribution in [0.15, 0.2) is 30.5 Å². The Hall–Kier alpha value is -1.35. The van der Waals surface area contributed by atoms with Crippen molar-refractivity contribution in [2.45, 2.75) is 38.1 Å². The van der Waals surface area contributed by atoms with Crippen molar-refractivity contribution in [2.24, 2.45) is 0 Å². The van der Waals surface area contributed by atoms with Gasteiger partial charge < -0.3 is 4.90 Å². The normalized spacial score (nSPS) is 16.4. The van der Waals surface area contributed by atoms with Gasteiger partial charge in [0.1, 0.15) is 0 Å². The highest BCUT2D eigenvalue weighted by molar-refractivity contribution is 6.18. The first-order valence-electron chi connectivity index (χ1n) is 7.43. The molecule has 1 aliphatic carbocycles. The van der Waals surface area contributed by atoms with Gasteiger partial charge in [0.25, 0.3) is 0 Å². The Labute approximate surface area is 124 Å². The molecule has 3 rings (SSSR count). The average Bonchev–Trinajstić information content (AvgIpc) is 2.53. The molecule has 0 N–H and O–H groups in total. The quantitative estimate of drug-likeness (QED) is 0.797. The van der Waals surface area contributed by atoms with Crippen LogP contribution in [-0.2, 0) is 0 Å². The minimum atomic E-state index is 0.558. The van der Waals surface area contributed by atoms with Gasteiger partial charge in [0, 0.05) is 29.2 Å². The zero-order valence-corrected chi connectivity index (χ0v) is 12.4. The predicted molar refractivity (Wildman–Crippen MR) is 84.5 cm³/mol. The molecule has 0 saturated heterocycles. The Kier molecular flexibility index (Phi) is 4.36. The van der Waals surface area contributed by atoms with Gasteiger partial charge in [0.05, 0.1) is 6.20 Å². The number of fused-ring (bicyclic) bond motifs is 1. The van der Waals surface area contributed by atoms with Crippen molar-refractivity contribution in [3.8, 4) is 0 Å². The van der Waals surface area contributed by atoms with Crippen LogP contribution in [0.25, 0.3) is 10.8 Å². The summed E-state index contributed by atoms with van der Waals surface area (Å²) < 4.78 is 0. The van der Waals surface area contributed by atoms with E-state index >= 15 is 0 Å². The van der Waals surface area contributed by atoms with Crippen LogP contribution in [0, 0.1) is 0 Å². The molecule has 106 valence electrons. The zero-order chi connectivity index (χ0) is 13.8. The van der Waals surface area contributed by atoms with Crippen LogP contribution in [0.4, 0.5) is 5.82 Å². The zero-order valence-electron chi connectivity index (χ0n) is 11.6. The molecule has 4 heteroatoms. The van der Waals surface area contributed by atoms with Gasteiger partial charge in [-0.25, -0.2) is 0 Å². The lowest BCUT2D eigenvalue weighted by molar-refractivity contribution is 0.416. The summed E-state index contributed by atoms with van der Waals surface area (Å²) in [5, 5.41) is 10.9. The Morgan fingerprint density at radius 2 is 1.95 bits per heavy atom. The Morgan fingerprint density at radius 1 is 1.15 bits per heavy atom. The van der Waals surface area contributed by atoms with E-state index in [1.807, 2.05) is 12.3 Å². The van der Waals surface area contributed by atoms with E-state index in [-0.39, 0.29) is 0 Å². The van der Waals surface area contributed by atoms with Crippen LogP contribution in [0.5, 0.6) is 0 Å². The molecule has 1 fully saturated rings. The minimum Gasteiger partial charge on any atom is -0.350 e. The second kappa shape index (κ2) is 6.40. The molecule has 0 amide bonds. The molecular formula is C16H20ClN3. The third-order valence-electron chi connectivity index (χ3n) is 4.16. The molecule has 0 radical (unpaired) electrons. The highest BCUT2D eigenvalue weighted by Crippen LogP contribution is 2.30. The number of alkyl halides is 1. The molecule has 0 atom stereocenters. The van der Waals surface area contributed by atoms with Gasteiger partial charge >= 0.3 is 0 Å². The summed E-state index contributed by atoms with van der Waals surface area (Å²) in [6.45, 7) is 0.842. The number of benzene rings is 1. The van der Waals surface area contributed by atoms with Crippen molar-refractivity contribution in [3.63, 3.8) is 0 Å².